The van der Waals surface area contributed by atoms with Crippen LogP contribution in [0.15, 0.2) is 42.5 Å². The lowest BCUT2D eigenvalue weighted by Gasteiger charge is -2.23. The van der Waals surface area contributed by atoms with Crippen molar-refractivity contribution in [2.75, 3.05) is 16.8 Å². The molecule has 11 nitrogen and oxygen atoms in total. The van der Waals surface area contributed by atoms with Crippen molar-refractivity contribution in [2.24, 2.45) is 5.92 Å². The number of aromatic nitrogens is 5. The highest BCUT2D eigenvalue weighted by Gasteiger charge is 2.53. The fraction of sp³-hybridized carbons (Fsp3) is 0.409. The third-order valence-corrected chi connectivity index (χ3v) is 13.0. The van der Waals surface area contributed by atoms with E-state index in [2.05, 4.69) is 27.4 Å². The molecule has 24 heteroatoms. The first kappa shape index (κ1) is 51.9. The number of halogens is 11. The topological polar surface area (TPSA) is 135 Å². The van der Waals surface area contributed by atoms with Gasteiger partial charge in [-0.25, -0.2) is 18.1 Å². The SMILES string of the molecule is CSN(C(=O)C(C)CC(=O)O)c1nn(CC(F)(F)F)c2c(-c3ccc(C#CC(C)(C)SC)nc3C(Cc3cc(F)cc(F)c3)NC(=O)Cn3nc(C(F)(F)F)c4c3C(F)(F)C[C@@H]4C)ccc(Cl)c12. The monoisotopic (exact) mass is 1020 g/mol. The molecule has 2 amide bonds. The summed E-state index contributed by atoms with van der Waals surface area (Å²) < 4.78 is 147. The van der Waals surface area contributed by atoms with Crippen molar-refractivity contribution in [3.8, 4) is 23.0 Å². The highest BCUT2D eigenvalue weighted by molar-refractivity contribution is 8.00. The maximum atomic E-state index is 15.4. The van der Waals surface area contributed by atoms with Crippen LogP contribution in [-0.4, -0.2) is 70.9 Å². The minimum atomic E-state index is -5.19. The molecule has 0 radical (unpaired) electrons. The summed E-state index contributed by atoms with van der Waals surface area (Å²) in [7, 11) is 0. The maximum absolute atomic E-state index is 15.4. The van der Waals surface area contributed by atoms with Gasteiger partial charge in [0.1, 0.15) is 36.1 Å². The molecule has 0 bridgehead atoms. The van der Waals surface area contributed by atoms with Gasteiger partial charge in [-0.05, 0) is 86.2 Å². The number of amides is 2. The molecule has 2 aromatic carbocycles. The largest absolute Gasteiger partial charge is 0.481 e. The van der Waals surface area contributed by atoms with Crippen LogP contribution in [0.4, 0.5) is 49.7 Å². The van der Waals surface area contributed by atoms with E-state index in [1.165, 1.54) is 49.2 Å². The van der Waals surface area contributed by atoms with E-state index in [1.54, 1.807) is 20.1 Å². The van der Waals surface area contributed by atoms with Crippen molar-refractivity contribution in [2.45, 2.75) is 95.0 Å². The Labute approximate surface area is 395 Å². The summed E-state index contributed by atoms with van der Waals surface area (Å²) >= 11 is 8.78. The standard InChI is InChI=1S/C44H40ClF10N7O4S2/c1-21(13-32(64)65)40(66)62(68-6)39-34-29(45)10-9-28(36(34)61(59-39)20-43(50,51)52)27-8-7-26(11-12-41(3,4)67-5)56-35(27)30(16-23-14-24(46)17-25(47)15-23)57-31(63)19-60-38-33(22(2)18-42(38,48)49)37(58-60)44(53,54)55/h7-10,14-15,17,21-22,30H,13,16,18-20H2,1-6H3,(H,57,63)(H,64,65)/t21?,22-,30?/m0/s1. The smallest absolute Gasteiger partial charge is 0.435 e. The summed E-state index contributed by atoms with van der Waals surface area (Å²) in [6.07, 6.45) is -9.18. The number of nitrogens with zero attached hydrogens (tertiary/aromatic N) is 6. The summed E-state index contributed by atoms with van der Waals surface area (Å²) in [6, 6.07) is 6.03. The van der Waals surface area contributed by atoms with Crippen LogP contribution in [0.3, 0.4) is 0 Å². The van der Waals surface area contributed by atoms with Crippen LogP contribution >= 0.6 is 35.3 Å². The second kappa shape index (κ2) is 19.5. The average molecular weight is 1020 g/mol. The third kappa shape index (κ3) is 11.3. The lowest BCUT2D eigenvalue weighted by molar-refractivity contribution is -0.143. The number of hydrogen-bond acceptors (Lipinski definition) is 8. The number of alkyl halides is 8. The number of carbonyl (C=O) groups excluding carboxylic acids is 2. The Morgan fingerprint density at radius 1 is 1.00 bits per heavy atom. The molecule has 2 N–H and O–H groups in total. The van der Waals surface area contributed by atoms with E-state index < -0.39 is 125 Å². The number of aliphatic carboxylic acids is 1. The Kier molecular flexibility index (Phi) is 14.9. The highest BCUT2D eigenvalue weighted by Crippen LogP contribution is 2.52. The first-order valence-corrected chi connectivity index (χ1v) is 23.1. The van der Waals surface area contributed by atoms with Gasteiger partial charge in [-0.1, -0.05) is 37.4 Å². The van der Waals surface area contributed by atoms with Gasteiger partial charge in [0.2, 0.25) is 11.8 Å². The van der Waals surface area contributed by atoms with Gasteiger partial charge in [-0.2, -0.15) is 45.3 Å². The number of benzene rings is 2. The maximum Gasteiger partial charge on any atom is 0.435 e. The molecule has 1 aliphatic rings. The molecule has 6 rings (SSSR count). The van der Waals surface area contributed by atoms with Crippen molar-refractivity contribution < 1.29 is 63.4 Å². The Morgan fingerprint density at radius 3 is 2.24 bits per heavy atom. The number of anilines is 1. The quantitative estimate of drug-likeness (QED) is 0.0633. The zero-order chi connectivity index (χ0) is 50.4. The van der Waals surface area contributed by atoms with E-state index in [1.807, 2.05) is 0 Å². The van der Waals surface area contributed by atoms with E-state index in [4.69, 9.17) is 16.6 Å². The first-order chi connectivity index (χ1) is 31.5. The molecule has 364 valence electrons. The predicted octanol–water partition coefficient (Wildman–Crippen LogP) is 10.7. The lowest BCUT2D eigenvalue weighted by atomic mass is 9.93. The predicted molar refractivity (Wildman–Crippen MR) is 236 cm³/mol. The molecule has 2 unspecified atom stereocenters. The summed E-state index contributed by atoms with van der Waals surface area (Å²) in [5.74, 6) is -6.35. The van der Waals surface area contributed by atoms with Crippen molar-refractivity contribution in [3.05, 3.63) is 93.0 Å². The van der Waals surface area contributed by atoms with E-state index in [-0.39, 0.29) is 48.7 Å². The zero-order valence-corrected chi connectivity index (χ0v) is 39.0. The van der Waals surface area contributed by atoms with Gasteiger partial charge in [0, 0.05) is 41.4 Å². The third-order valence-electron chi connectivity index (χ3n) is 10.8. The molecule has 0 aliphatic heterocycles. The molecule has 3 heterocycles. The van der Waals surface area contributed by atoms with E-state index in [0.29, 0.717) is 22.7 Å². The fourth-order valence-corrected chi connectivity index (χ4v) is 8.88. The minimum Gasteiger partial charge on any atom is -0.481 e. The van der Waals surface area contributed by atoms with Gasteiger partial charge in [-0.15, -0.1) is 11.8 Å². The number of carbonyl (C=O) groups is 3. The Hall–Kier alpha value is -5.47. The first-order valence-electron chi connectivity index (χ1n) is 20.3. The highest BCUT2D eigenvalue weighted by atomic mass is 35.5. The van der Waals surface area contributed by atoms with E-state index in [9.17, 15) is 54.6 Å². The minimum absolute atomic E-state index is 0.00478. The molecule has 0 saturated carbocycles. The van der Waals surface area contributed by atoms with Crippen LogP contribution in [0.25, 0.3) is 22.0 Å². The van der Waals surface area contributed by atoms with Gasteiger partial charge < -0.3 is 10.4 Å². The van der Waals surface area contributed by atoms with Crippen LogP contribution in [0, 0.1) is 29.4 Å². The van der Waals surface area contributed by atoms with E-state index in [0.717, 1.165) is 23.4 Å². The van der Waals surface area contributed by atoms with Crippen LogP contribution < -0.4 is 9.62 Å². The van der Waals surface area contributed by atoms with Crippen molar-refractivity contribution >= 4 is 69.8 Å². The van der Waals surface area contributed by atoms with Gasteiger partial charge in [0.05, 0.1) is 38.8 Å². The van der Waals surface area contributed by atoms with Crippen molar-refractivity contribution in [1.29, 1.82) is 0 Å². The number of rotatable bonds is 14. The number of carboxylic acids is 1. The number of hydrogen-bond donors (Lipinski definition) is 2. The lowest BCUT2D eigenvalue weighted by Crippen LogP contribution is -2.35. The molecular weight excluding hydrogens is 980 g/mol. The number of thioether (sulfide) groups is 1. The summed E-state index contributed by atoms with van der Waals surface area (Å²) in [4.78, 5) is 44.0. The number of fused-ring (bicyclic) bond motifs is 2. The average Bonchev–Trinajstić information content (AvgIpc) is 3.86. The van der Waals surface area contributed by atoms with Crippen LogP contribution in [-0.2, 0) is 46.0 Å². The van der Waals surface area contributed by atoms with Gasteiger partial charge in [0.15, 0.2) is 11.5 Å². The van der Waals surface area contributed by atoms with E-state index >= 15 is 8.78 Å². The molecule has 0 spiro atoms. The second-order valence-electron chi connectivity index (χ2n) is 16.5. The molecule has 5 aromatic rings. The summed E-state index contributed by atoms with van der Waals surface area (Å²) in [5, 5.41) is 19.1. The Bertz CT molecular complexity index is 2840. The summed E-state index contributed by atoms with van der Waals surface area (Å²) in [5.41, 5.74) is -4.45. The second-order valence-corrected chi connectivity index (χ2v) is 19.1. The number of nitrogens with one attached hydrogen (secondary N) is 1. The molecule has 68 heavy (non-hydrogen) atoms. The Morgan fingerprint density at radius 2 is 1.65 bits per heavy atom. The van der Waals surface area contributed by atoms with Crippen LogP contribution in [0.1, 0.15) is 86.4 Å². The molecule has 0 saturated heterocycles. The molecule has 0 fully saturated rings. The van der Waals surface area contributed by atoms with Crippen LogP contribution in [0.2, 0.25) is 5.02 Å². The normalized spacial score (nSPS) is 15.7. The molecule has 1 aliphatic carbocycles. The van der Waals surface area contributed by atoms with Crippen molar-refractivity contribution in [3.63, 3.8) is 0 Å². The molecule has 3 atom stereocenters. The van der Waals surface area contributed by atoms with Crippen LogP contribution in [0.5, 0.6) is 0 Å². The zero-order valence-electron chi connectivity index (χ0n) is 36.6. The van der Waals surface area contributed by atoms with Gasteiger partial charge in [0.25, 0.3) is 5.92 Å². The Balaban J connectivity index is 1.62. The van der Waals surface area contributed by atoms with Gasteiger partial charge in [-0.3, -0.25) is 23.7 Å². The molecular formula is C44H40ClF10N7O4S2. The van der Waals surface area contributed by atoms with Gasteiger partial charge >= 0.3 is 18.3 Å². The summed E-state index contributed by atoms with van der Waals surface area (Å²) in [6.45, 7) is 3.04. The molecule has 3 aromatic heterocycles. The fourth-order valence-electron chi connectivity index (χ4n) is 7.83. The van der Waals surface area contributed by atoms with Crippen molar-refractivity contribution in [1.82, 2.24) is 29.9 Å². The number of carboxylic acid groups (broad SMARTS) is 1. The number of pyridine rings is 1.